The number of nitrogens with zero attached hydrogens (tertiary/aromatic N) is 3. The van der Waals surface area contributed by atoms with E-state index in [0.717, 1.165) is 18.4 Å². The second kappa shape index (κ2) is 8.71. The summed E-state index contributed by atoms with van der Waals surface area (Å²) in [7, 11) is 1.71. The lowest BCUT2D eigenvalue weighted by Crippen LogP contribution is -2.31. The van der Waals surface area contributed by atoms with Crippen LogP contribution in [0, 0.1) is 5.82 Å². The summed E-state index contributed by atoms with van der Waals surface area (Å²) in [5.74, 6) is -0.258. The number of carbonyl (C=O) groups is 1. The lowest BCUT2D eigenvalue weighted by molar-refractivity contribution is -0.128. The molecule has 0 bridgehead atoms. The summed E-state index contributed by atoms with van der Waals surface area (Å²) in [6, 6.07) is 5.92. The molecular weight excluding hydrogens is 371 g/mol. The molecule has 1 aromatic heterocycles. The Morgan fingerprint density at radius 2 is 2.22 bits per heavy atom. The largest absolute Gasteiger partial charge is 0.376 e. The van der Waals surface area contributed by atoms with Gasteiger partial charge in [-0.05, 0) is 37.5 Å². The first-order valence-corrected chi connectivity index (χ1v) is 9.85. The maximum atomic E-state index is 13.1. The number of benzene rings is 1. The zero-order valence-corrected chi connectivity index (χ0v) is 16.2. The van der Waals surface area contributed by atoms with Crippen LogP contribution >= 0.6 is 11.8 Å². The zero-order chi connectivity index (χ0) is 19.4. The van der Waals surface area contributed by atoms with E-state index in [4.69, 9.17) is 4.74 Å². The average molecular weight is 394 g/mol. The fraction of sp³-hybridized carbons (Fsp3) is 0.500. The van der Waals surface area contributed by atoms with Crippen LogP contribution in [0.5, 0.6) is 0 Å². The third kappa shape index (κ3) is 4.78. The van der Waals surface area contributed by atoms with Gasteiger partial charge in [0, 0.05) is 13.7 Å². The van der Waals surface area contributed by atoms with Crippen LogP contribution in [0.3, 0.4) is 0 Å². The number of carbonyl (C=O) groups excluding carboxylic acids is 1. The van der Waals surface area contributed by atoms with Crippen molar-refractivity contribution in [2.45, 2.75) is 43.6 Å². The van der Waals surface area contributed by atoms with Gasteiger partial charge in [0.2, 0.25) is 5.91 Å². The van der Waals surface area contributed by atoms with Crippen molar-refractivity contribution in [3.8, 4) is 0 Å². The minimum atomic E-state index is -0.307. The molecule has 0 radical (unpaired) electrons. The van der Waals surface area contributed by atoms with Gasteiger partial charge in [-0.15, -0.1) is 5.10 Å². The van der Waals surface area contributed by atoms with E-state index in [9.17, 15) is 14.0 Å². The number of hydrogen-bond donors (Lipinski definition) is 1. The van der Waals surface area contributed by atoms with Crippen molar-refractivity contribution in [3.05, 3.63) is 46.1 Å². The first kappa shape index (κ1) is 19.6. The van der Waals surface area contributed by atoms with Crippen molar-refractivity contribution in [1.29, 1.82) is 0 Å². The van der Waals surface area contributed by atoms with Crippen molar-refractivity contribution in [2.75, 3.05) is 19.4 Å². The molecule has 27 heavy (non-hydrogen) atoms. The van der Waals surface area contributed by atoms with Gasteiger partial charge in [-0.1, -0.05) is 23.9 Å². The minimum absolute atomic E-state index is 0.0107. The zero-order valence-electron chi connectivity index (χ0n) is 15.4. The van der Waals surface area contributed by atoms with E-state index in [1.807, 2.05) is 6.92 Å². The maximum absolute atomic E-state index is 13.1. The van der Waals surface area contributed by atoms with Crippen molar-refractivity contribution >= 4 is 17.7 Å². The molecule has 146 valence electrons. The number of thioether (sulfide) groups is 1. The summed E-state index contributed by atoms with van der Waals surface area (Å²) in [5, 5.41) is 6.94. The van der Waals surface area contributed by atoms with Gasteiger partial charge in [-0.2, -0.15) is 0 Å². The molecule has 0 saturated carbocycles. The van der Waals surface area contributed by atoms with E-state index >= 15 is 0 Å². The normalized spacial score (nSPS) is 17.8. The molecule has 1 aromatic carbocycles. The number of ether oxygens (including phenoxy) is 1. The molecular formula is C18H23FN4O3S. The molecule has 1 N–H and O–H groups in total. The van der Waals surface area contributed by atoms with Crippen LogP contribution in [0.25, 0.3) is 0 Å². The highest BCUT2D eigenvalue weighted by Crippen LogP contribution is 2.22. The Morgan fingerprint density at radius 3 is 2.89 bits per heavy atom. The van der Waals surface area contributed by atoms with Gasteiger partial charge in [0.1, 0.15) is 5.82 Å². The quantitative estimate of drug-likeness (QED) is 0.729. The Balaban J connectivity index is 1.60. The minimum Gasteiger partial charge on any atom is -0.376 e. The molecule has 0 aliphatic carbocycles. The molecule has 3 rings (SSSR count). The number of hydrogen-bond acceptors (Lipinski definition) is 5. The van der Waals surface area contributed by atoms with Gasteiger partial charge in [0.15, 0.2) is 5.16 Å². The van der Waals surface area contributed by atoms with E-state index < -0.39 is 0 Å². The lowest BCUT2D eigenvalue weighted by atomic mass is 10.1. The maximum Gasteiger partial charge on any atom is 0.344 e. The van der Waals surface area contributed by atoms with Gasteiger partial charge >= 0.3 is 5.69 Å². The number of H-pyrrole nitrogens is 1. The van der Waals surface area contributed by atoms with E-state index in [1.165, 1.54) is 28.5 Å². The molecule has 9 heteroatoms. The highest BCUT2D eigenvalue weighted by Gasteiger charge is 2.22. The fourth-order valence-corrected chi connectivity index (χ4v) is 3.86. The summed E-state index contributed by atoms with van der Waals surface area (Å²) < 4.78 is 20.2. The Hall–Kier alpha value is -2.13. The molecule has 2 aromatic rings. The monoisotopic (exact) mass is 394 g/mol. The second-order valence-electron chi connectivity index (χ2n) is 6.58. The van der Waals surface area contributed by atoms with Gasteiger partial charge in [0.05, 0.1) is 24.4 Å². The van der Waals surface area contributed by atoms with Crippen LogP contribution < -0.4 is 5.69 Å². The summed E-state index contributed by atoms with van der Waals surface area (Å²) in [6.07, 6.45) is 1.92. The van der Waals surface area contributed by atoms with Crippen molar-refractivity contribution < 1.29 is 13.9 Å². The summed E-state index contributed by atoms with van der Waals surface area (Å²) in [5.41, 5.74) is 0.556. The predicted octanol–water partition coefficient (Wildman–Crippen LogP) is 2.20. The van der Waals surface area contributed by atoms with Crippen molar-refractivity contribution in [2.24, 2.45) is 0 Å². The molecule has 1 saturated heterocycles. The van der Waals surface area contributed by atoms with Gasteiger partial charge in [0.25, 0.3) is 0 Å². The molecule has 1 aliphatic rings. The molecule has 0 spiro atoms. The van der Waals surface area contributed by atoms with Gasteiger partial charge in [-0.3, -0.25) is 9.36 Å². The van der Waals surface area contributed by atoms with Crippen LogP contribution in [0.4, 0.5) is 4.39 Å². The highest BCUT2D eigenvalue weighted by atomic mass is 32.2. The van der Waals surface area contributed by atoms with Crippen LogP contribution in [0.2, 0.25) is 0 Å². The topological polar surface area (TPSA) is 80.2 Å². The van der Waals surface area contributed by atoms with Crippen molar-refractivity contribution in [1.82, 2.24) is 19.7 Å². The van der Waals surface area contributed by atoms with E-state index in [0.29, 0.717) is 18.3 Å². The fourth-order valence-electron chi connectivity index (χ4n) is 2.98. The standard InChI is InChI=1S/C18H23FN4O3S/c1-12(13-5-7-14(19)8-6-13)22(2)16(24)11-27-18-21-20-17(25)23(18)10-15-4-3-9-26-15/h5-8,12,15H,3-4,9-11H2,1-2H3,(H,20,25). The molecule has 1 aliphatic heterocycles. The average Bonchev–Trinajstić information content (AvgIpc) is 3.30. The van der Waals surface area contributed by atoms with Crippen molar-refractivity contribution in [3.63, 3.8) is 0 Å². The number of amides is 1. The van der Waals surface area contributed by atoms with Gasteiger partial charge in [-0.25, -0.2) is 14.3 Å². The molecule has 7 nitrogen and oxygen atoms in total. The molecule has 2 heterocycles. The van der Waals surface area contributed by atoms with E-state index in [1.54, 1.807) is 24.1 Å². The Labute approximate surface area is 160 Å². The molecule has 1 amide bonds. The van der Waals surface area contributed by atoms with Gasteiger partial charge < -0.3 is 9.64 Å². The molecule has 1 fully saturated rings. The predicted molar refractivity (Wildman–Crippen MR) is 100 cm³/mol. The Kier molecular flexibility index (Phi) is 6.33. The van der Waals surface area contributed by atoms with Crippen LogP contribution in [-0.4, -0.2) is 51.1 Å². The van der Waals surface area contributed by atoms with Crippen LogP contribution in [-0.2, 0) is 16.1 Å². The van der Waals surface area contributed by atoms with E-state index in [-0.39, 0.29) is 35.3 Å². The lowest BCUT2D eigenvalue weighted by Gasteiger charge is -2.25. The first-order chi connectivity index (χ1) is 13.0. The molecule has 2 unspecified atom stereocenters. The highest BCUT2D eigenvalue weighted by molar-refractivity contribution is 7.99. The number of halogens is 1. The number of aromatic nitrogens is 3. The van der Waals surface area contributed by atoms with E-state index in [2.05, 4.69) is 10.2 Å². The second-order valence-corrected chi connectivity index (χ2v) is 7.52. The number of nitrogens with one attached hydrogen (secondary N) is 1. The summed E-state index contributed by atoms with van der Waals surface area (Å²) in [6.45, 7) is 3.04. The van der Waals surface area contributed by atoms with Crippen LogP contribution in [0.15, 0.2) is 34.2 Å². The molecule has 2 atom stereocenters. The number of aromatic amines is 1. The summed E-state index contributed by atoms with van der Waals surface area (Å²) in [4.78, 5) is 26.1. The Morgan fingerprint density at radius 1 is 1.48 bits per heavy atom. The smallest absolute Gasteiger partial charge is 0.344 e. The van der Waals surface area contributed by atoms with Crippen LogP contribution in [0.1, 0.15) is 31.4 Å². The third-order valence-corrected chi connectivity index (χ3v) is 5.75. The SMILES string of the molecule is CC(c1ccc(F)cc1)N(C)C(=O)CSc1n[nH]c(=O)n1CC1CCCO1. The number of rotatable bonds is 7. The Bertz CT molecular complexity index is 830. The first-order valence-electron chi connectivity index (χ1n) is 8.86. The third-order valence-electron chi connectivity index (χ3n) is 4.78. The summed E-state index contributed by atoms with van der Waals surface area (Å²) >= 11 is 1.22.